The van der Waals surface area contributed by atoms with Gasteiger partial charge in [0.1, 0.15) is 11.3 Å². The molecule has 2 aromatic heterocycles. The number of carbonyl (C=O) groups excluding carboxylic acids is 1. The normalized spacial score (nSPS) is 10.7. The second-order valence-corrected chi connectivity index (χ2v) is 4.18. The van der Waals surface area contributed by atoms with Gasteiger partial charge in [0.25, 0.3) is 5.91 Å². The van der Waals surface area contributed by atoms with E-state index in [9.17, 15) is 13.6 Å². The highest BCUT2D eigenvalue weighted by Gasteiger charge is 2.14. The molecule has 0 saturated heterocycles. The largest absolute Gasteiger partial charge is 0.335 e. The van der Waals surface area contributed by atoms with E-state index < -0.39 is 17.5 Å². The number of carbonyl (C=O) groups is 1. The maximum Gasteiger partial charge on any atom is 0.272 e. The van der Waals surface area contributed by atoms with Crippen LogP contribution >= 0.6 is 0 Å². The first-order valence-corrected chi connectivity index (χ1v) is 5.84. The number of pyridine rings is 1. The molecule has 0 aliphatic carbocycles. The van der Waals surface area contributed by atoms with E-state index in [1.165, 1.54) is 12.1 Å². The van der Waals surface area contributed by atoms with Crippen LogP contribution < -0.4 is 5.32 Å². The number of anilines is 1. The number of amides is 1. The summed E-state index contributed by atoms with van der Waals surface area (Å²) in [5, 5.41) is 3.08. The van der Waals surface area contributed by atoms with Crippen LogP contribution in [0.5, 0.6) is 0 Å². The molecule has 100 valence electrons. The Kier molecular flexibility index (Phi) is 2.90. The summed E-state index contributed by atoms with van der Waals surface area (Å²) in [5.74, 6) is -2.66. The van der Waals surface area contributed by atoms with Gasteiger partial charge in [-0.3, -0.25) is 4.79 Å². The van der Waals surface area contributed by atoms with Crippen molar-refractivity contribution >= 4 is 22.6 Å². The van der Waals surface area contributed by atoms with Crippen LogP contribution in [-0.4, -0.2) is 15.9 Å². The van der Waals surface area contributed by atoms with E-state index in [0.29, 0.717) is 5.65 Å². The summed E-state index contributed by atoms with van der Waals surface area (Å²) in [4.78, 5) is 18.9. The average Bonchev–Trinajstić information content (AvgIpc) is 2.88. The van der Waals surface area contributed by atoms with Crippen LogP contribution in [0.2, 0.25) is 0 Å². The number of nitrogens with zero attached hydrogens (tertiary/aromatic N) is 1. The molecular weight excluding hydrogens is 264 g/mol. The Morgan fingerprint density at radius 3 is 2.85 bits per heavy atom. The van der Waals surface area contributed by atoms with E-state index in [-0.39, 0.29) is 11.4 Å². The Balaban J connectivity index is 1.91. The molecule has 0 spiro atoms. The van der Waals surface area contributed by atoms with Gasteiger partial charge in [-0.25, -0.2) is 13.8 Å². The van der Waals surface area contributed by atoms with Crippen molar-refractivity contribution in [3.8, 4) is 0 Å². The fourth-order valence-corrected chi connectivity index (χ4v) is 1.87. The molecule has 1 aromatic carbocycles. The van der Waals surface area contributed by atoms with Gasteiger partial charge >= 0.3 is 0 Å². The third-order valence-corrected chi connectivity index (χ3v) is 2.84. The van der Waals surface area contributed by atoms with Crippen molar-refractivity contribution in [3.05, 3.63) is 59.9 Å². The van der Waals surface area contributed by atoms with Crippen LogP contribution in [-0.2, 0) is 0 Å². The summed E-state index contributed by atoms with van der Waals surface area (Å²) in [6.07, 6.45) is 1.59. The number of H-pyrrole nitrogens is 1. The fraction of sp³-hybridized carbons (Fsp3) is 0. The van der Waals surface area contributed by atoms with Gasteiger partial charge in [0, 0.05) is 11.6 Å². The molecule has 2 heterocycles. The summed E-state index contributed by atoms with van der Waals surface area (Å²) in [6.45, 7) is 0. The van der Waals surface area contributed by atoms with Crippen LogP contribution in [0.3, 0.4) is 0 Å². The molecule has 0 aliphatic rings. The first-order valence-electron chi connectivity index (χ1n) is 5.84. The monoisotopic (exact) mass is 273 g/mol. The van der Waals surface area contributed by atoms with Gasteiger partial charge in [-0.1, -0.05) is 6.07 Å². The maximum absolute atomic E-state index is 13.5. The highest BCUT2D eigenvalue weighted by molar-refractivity contribution is 6.05. The summed E-state index contributed by atoms with van der Waals surface area (Å²) in [7, 11) is 0. The van der Waals surface area contributed by atoms with E-state index in [0.717, 1.165) is 11.5 Å². The Morgan fingerprint density at radius 1 is 1.20 bits per heavy atom. The zero-order valence-electron chi connectivity index (χ0n) is 10.2. The minimum Gasteiger partial charge on any atom is -0.335 e. The number of rotatable bonds is 2. The van der Waals surface area contributed by atoms with Crippen LogP contribution in [0.25, 0.3) is 11.0 Å². The summed E-state index contributed by atoms with van der Waals surface area (Å²) in [6, 6.07) is 8.72. The number of nitrogens with one attached hydrogen (secondary N) is 2. The van der Waals surface area contributed by atoms with E-state index in [2.05, 4.69) is 15.3 Å². The molecule has 1 amide bonds. The molecular formula is C14H9F2N3O. The van der Waals surface area contributed by atoms with E-state index in [1.54, 1.807) is 24.4 Å². The lowest BCUT2D eigenvalue weighted by Crippen LogP contribution is -2.13. The molecule has 2 N–H and O–H groups in total. The molecule has 0 unspecified atom stereocenters. The van der Waals surface area contributed by atoms with Gasteiger partial charge in [-0.05, 0) is 30.3 Å². The second kappa shape index (κ2) is 4.73. The quantitative estimate of drug-likeness (QED) is 0.753. The molecule has 0 aliphatic heterocycles. The van der Waals surface area contributed by atoms with Gasteiger partial charge in [-0.2, -0.15) is 0 Å². The predicted molar refractivity (Wildman–Crippen MR) is 70.4 cm³/mol. The van der Waals surface area contributed by atoms with E-state index in [1.807, 2.05) is 0 Å². The molecule has 4 nitrogen and oxygen atoms in total. The standard InChI is InChI=1S/C14H9F2N3O/c15-9-4-1-5-10(12(9)16)19-14(20)11-7-8-3-2-6-17-13(8)18-11/h1-7H,(H,17,18)(H,19,20). The lowest BCUT2D eigenvalue weighted by molar-refractivity contribution is 0.102. The second-order valence-electron chi connectivity index (χ2n) is 4.18. The minimum absolute atomic E-state index is 0.207. The Labute approximate surface area is 112 Å². The molecule has 0 bridgehead atoms. The lowest BCUT2D eigenvalue weighted by Gasteiger charge is -2.05. The number of aromatic nitrogens is 2. The third kappa shape index (κ3) is 2.11. The van der Waals surface area contributed by atoms with Crippen LogP contribution in [0.1, 0.15) is 10.5 Å². The molecule has 3 aromatic rings. The number of halogens is 2. The van der Waals surface area contributed by atoms with Crippen molar-refractivity contribution in [2.45, 2.75) is 0 Å². The van der Waals surface area contributed by atoms with Gasteiger partial charge in [-0.15, -0.1) is 0 Å². The molecule has 3 rings (SSSR count). The summed E-state index contributed by atoms with van der Waals surface area (Å²) >= 11 is 0. The number of aromatic amines is 1. The number of hydrogen-bond donors (Lipinski definition) is 2. The molecule has 0 saturated carbocycles. The Hall–Kier alpha value is -2.76. The number of benzene rings is 1. The highest BCUT2D eigenvalue weighted by Crippen LogP contribution is 2.18. The molecule has 0 radical (unpaired) electrons. The SMILES string of the molecule is O=C(Nc1cccc(F)c1F)c1cc2cccnc2[nH]1. The lowest BCUT2D eigenvalue weighted by atomic mass is 10.2. The molecule has 0 fully saturated rings. The first-order chi connectivity index (χ1) is 9.65. The van der Waals surface area contributed by atoms with Gasteiger partial charge in [0.15, 0.2) is 11.6 Å². The fourth-order valence-electron chi connectivity index (χ4n) is 1.87. The van der Waals surface area contributed by atoms with Crippen LogP contribution in [0, 0.1) is 11.6 Å². The Morgan fingerprint density at radius 2 is 2.05 bits per heavy atom. The van der Waals surface area contributed by atoms with Crippen molar-refractivity contribution in [1.82, 2.24) is 9.97 Å². The highest BCUT2D eigenvalue weighted by atomic mass is 19.2. The third-order valence-electron chi connectivity index (χ3n) is 2.84. The molecule has 20 heavy (non-hydrogen) atoms. The van der Waals surface area contributed by atoms with Crippen molar-refractivity contribution in [2.75, 3.05) is 5.32 Å². The zero-order chi connectivity index (χ0) is 14.1. The smallest absolute Gasteiger partial charge is 0.272 e. The summed E-state index contributed by atoms with van der Waals surface area (Å²) < 4.78 is 26.5. The average molecular weight is 273 g/mol. The van der Waals surface area contributed by atoms with Gasteiger partial charge < -0.3 is 10.3 Å². The van der Waals surface area contributed by atoms with Crippen molar-refractivity contribution in [2.24, 2.45) is 0 Å². The van der Waals surface area contributed by atoms with Gasteiger partial charge in [0.2, 0.25) is 0 Å². The summed E-state index contributed by atoms with van der Waals surface area (Å²) in [5.41, 5.74) is 0.571. The van der Waals surface area contributed by atoms with Crippen molar-refractivity contribution < 1.29 is 13.6 Å². The van der Waals surface area contributed by atoms with Crippen molar-refractivity contribution in [3.63, 3.8) is 0 Å². The number of hydrogen-bond acceptors (Lipinski definition) is 2. The topological polar surface area (TPSA) is 57.8 Å². The Bertz CT molecular complexity index is 765. The predicted octanol–water partition coefficient (Wildman–Crippen LogP) is 3.09. The zero-order valence-corrected chi connectivity index (χ0v) is 10.2. The first kappa shape index (κ1) is 12.3. The van der Waals surface area contributed by atoms with Crippen molar-refractivity contribution in [1.29, 1.82) is 0 Å². The maximum atomic E-state index is 13.5. The minimum atomic E-state index is -1.09. The van der Waals surface area contributed by atoms with Crippen LogP contribution in [0.15, 0.2) is 42.6 Å². The van der Waals surface area contributed by atoms with Crippen LogP contribution in [0.4, 0.5) is 14.5 Å². The van der Waals surface area contributed by atoms with E-state index in [4.69, 9.17) is 0 Å². The molecule has 6 heteroatoms. The molecule has 0 atom stereocenters. The van der Waals surface area contributed by atoms with E-state index >= 15 is 0 Å². The van der Waals surface area contributed by atoms with Gasteiger partial charge in [0.05, 0.1) is 5.69 Å². The number of fused-ring (bicyclic) bond motifs is 1.